The van der Waals surface area contributed by atoms with Crippen molar-refractivity contribution in [2.24, 2.45) is 0 Å². The van der Waals surface area contributed by atoms with Crippen LogP contribution >= 0.6 is 0 Å². The fourth-order valence-corrected chi connectivity index (χ4v) is 1.88. The van der Waals surface area contributed by atoms with Crippen LogP contribution in [-0.4, -0.2) is 35.6 Å². The van der Waals surface area contributed by atoms with Gasteiger partial charge in [-0.05, 0) is 38.4 Å². The third-order valence-corrected chi connectivity index (χ3v) is 3.25. The van der Waals surface area contributed by atoms with Crippen molar-refractivity contribution in [3.8, 4) is 0 Å². The van der Waals surface area contributed by atoms with Gasteiger partial charge in [-0.25, -0.2) is 0 Å². The van der Waals surface area contributed by atoms with E-state index in [4.69, 9.17) is 0 Å². The lowest BCUT2D eigenvalue weighted by atomic mass is 10.2. The molecule has 0 saturated heterocycles. The second-order valence-electron chi connectivity index (χ2n) is 4.60. The number of H-pyrrole nitrogens is 1. The summed E-state index contributed by atoms with van der Waals surface area (Å²) in [5.41, 5.74) is 1.33. The molecule has 1 aliphatic carbocycles. The molecule has 0 aromatic carbocycles. The summed E-state index contributed by atoms with van der Waals surface area (Å²) >= 11 is 0. The lowest BCUT2D eigenvalue weighted by Crippen LogP contribution is -2.38. The number of aromatic amines is 1. The molecule has 15 heavy (non-hydrogen) atoms. The van der Waals surface area contributed by atoms with Crippen LogP contribution in [-0.2, 0) is 6.54 Å². The summed E-state index contributed by atoms with van der Waals surface area (Å²) in [5.74, 6) is 0. The van der Waals surface area contributed by atoms with Crippen molar-refractivity contribution >= 4 is 0 Å². The lowest BCUT2D eigenvalue weighted by Gasteiger charge is -2.24. The fraction of sp³-hybridized carbons (Fsp3) is 0.667. The molecule has 0 spiro atoms. The first-order valence-corrected chi connectivity index (χ1v) is 5.81. The summed E-state index contributed by atoms with van der Waals surface area (Å²) in [6, 6.07) is 3.60. The molecule has 1 saturated carbocycles. The maximum Gasteiger partial charge on any atom is 0.0221 e. The smallest absolute Gasteiger partial charge is 0.0221 e. The molecular weight excluding hydrogens is 186 g/mol. The highest BCUT2D eigenvalue weighted by Crippen LogP contribution is 2.26. The highest BCUT2D eigenvalue weighted by Gasteiger charge is 2.28. The van der Waals surface area contributed by atoms with E-state index >= 15 is 0 Å². The zero-order valence-corrected chi connectivity index (χ0v) is 9.66. The summed E-state index contributed by atoms with van der Waals surface area (Å²) in [7, 11) is 2.24. The Bertz CT molecular complexity index is 277. The van der Waals surface area contributed by atoms with Crippen LogP contribution in [0.5, 0.6) is 0 Å². The van der Waals surface area contributed by atoms with Crippen molar-refractivity contribution in [2.45, 2.75) is 38.4 Å². The Morgan fingerprint density at radius 3 is 3.00 bits per heavy atom. The molecule has 3 nitrogen and oxygen atoms in total. The highest BCUT2D eigenvalue weighted by atomic mass is 15.2. The Morgan fingerprint density at radius 2 is 2.40 bits per heavy atom. The molecular formula is C12H21N3. The van der Waals surface area contributed by atoms with E-state index in [1.165, 1.54) is 18.4 Å². The van der Waals surface area contributed by atoms with Gasteiger partial charge in [0, 0.05) is 37.6 Å². The van der Waals surface area contributed by atoms with E-state index in [1.807, 2.05) is 12.4 Å². The summed E-state index contributed by atoms with van der Waals surface area (Å²) in [4.78, 5) is 5.56. The predicted octanol–water partition coefficient (Wildman–Crippen LogP) is 1.59. The van der Waals surface area contributed by atoms with Crippen molar-refractivity contribution in [3.05, 3.63) is 24.0 Å². The molecule has 84 valence electrons. The number of nitrogens with zero attached hydrogens (tertiary/aromatic N) is 1. The van der Waals surface area contributed by atoms with Gasteiger partial charge in [-0.2, -0.15) is 0 Å². The van der Waals surface area contributed by atoms with E-state index in [0.29, 0.717) is 6.04 Å². The van der Waals surface area contributed by atoms with Gasteiger partial charge in [-0.1, -0.05) is 0 Å². The number of likely N-dealkylation sites (N-methyl/N-ethyl adjacent to an activating group) is 1. The van der Waals surface area contributed by atoms with Crippen molar-refractivity contribution in [1.29, 1.82) is 0 Å². The van der Waals surface area contributed by atoms with Gasteiger partial charge in [0.1, 0.15) is 0 Å². The number of hydrogen-bond acceptors (Lipinski definition) is 2. The van der Waals surface area contributed by atoms with E-state index in [0.717, 1.165) is 19.1 Å². The summed E-state index contributed by atoms with van der Waals surface area (Å²) in [6.07, 6.45) is 6.79. The Morgan fingerprint density at radius 1 is 1.60 bits per heavy atom. The maximum atomic E-state index is 3.49. The van der Waals surface area contributed by atoms with Crippen LogP contribution in [0, 0.1) is 0 Å². The molecule has 1 unspecified atom stereocenters. The second-order valence-corrected chi connectivity index (χ2v) is 4.60. The van der Waals surface area contributed by atoms with E-state index in [1.54, 1.807) is 0 Å². The Hall–Kier alpha value is -0.800. The van der Waals surface area contributed by atoms with Crippen molar-refractivity contribution in [3.63, 3.8) is 0 Å². The summed E-state index contributed by atoms with van der Waals surface area (Å²) in [5, 5.41) is 3.49. The number of nitrogens with one attached hydrogen (secondary N) is 2. The van der Waals surface area contributed by atoms with Gasteiger partial charge < -0.3 is 10.3 Å². The predicted molar refractivity (Wildman–Crippen MR) is 62.7 cm³/mol. The zero-order valence-electron chi connectivity index (χ0n) is 9.66. The first kappa shape index (κ1) is 10.7. The minimum Gasteiger partial charge on any atom is -0.367 e. The van der Waals surface area contributed by atoms with Crippen LogP contribution in [0.15, 0.2) is 18.5 Å². The van der Waals surface area contributed by atoms with Crippen molar-refractivity contribution in [1.82, 2.24) is 15.2 Å². The van der Waals surface area contributed by atoms with Crippen LogP contribution in [0.4, 0.5) is 0 Å². The highest BCUT2D eigenvalue weighted by molar-refractivity contribution is 5.07. The van der Waals surface area contributed by atoms with E-state index < -0.39 is 0 Å². The first-order valence-electron chi connectivity index (χ1n) is 5.81. The molecule has 0 bridgehead atoms. The van der Waals surface area contributed by atoms with E-state index in [2.05, 4.69) is 35.2 Å². The quantitative estimate of drug-likeness (QED) is 0.742. The zero-order chi connectivity index (χ0) is 10.7. The molecule has 2 rings (SSSR count). The average Bonchev–Trinajstić information content (AvgIpc) is 2.96. The largest absolute Gasteiger partial charge is 0.367 e. The van der Waals surface area contributed by atoms with Gasteiger partial charge >= 0.3 is 0 Å². The van der Waals surface area contributed by atoms with E-state index in [-0.39, 0.29) is 0 Å². The van der Waals surface area contributed by atoms with Crippen LogP contribution < -0.4 is 5.32 Å². The Balaban J connectivity index is 1.64. The van der Waals surface area contributed by atoms with Gasteiger partial charge in [-0.15, -0.1) is 0 Å². The Labute approximate surface area is 91.9 Å². The molecule has 2 N–H and O–H groups in total. The van der Waals surface area contributed by atoms with Crippen LogP contribution in [0.1, 0.15) is 25.3 Å². The van der Waals surface area contributed by atoms with Crippen LogP contribution in [0.2, 0.25) is 0 Å². The Kier molecular flexibility index (Phi) is 3.44. The summed E-state index contributed by atoms with van der Waals surface area (Å²) in [6.45, 7) is 4.33. The normalized spacial score (nSPS) is 18.3. The number of rotatable bonds is 6. The molecule has 0 amide bonds. The molecule has 1 aliphatic rings. The molecule has 1 aromatic heterocycles. The monoisotopic (exact) mass is 207 g/mol. The van der Waals surface area contributed by atoms with Crippen molar-refractivity contribution in [2.75, 3.05) is 13.6 Å². The van der Waals surface area contributed by atoms with Gasteiger partial charge in [0.25, 0.3) is 0 Å². The maximum absolute atomic E-state index is 3.49. The van der Waals surface area contributed by atoms with Gasteiger partial charge in [0.2, 0.25) is 0 Å². The molecule has 1 heterocycles. The van der Waals surface area contributed by atoms with Gasteiger partial charge in [0.15, 0.2) is 0 Å². The molecule has 0 radical (unpaired) electrons. The minimum atomic E-state index is 0.636. The SMILES string of the molecule is CC(CNCc1cc[nH]c1)N(C)C1CC1. The van der Waals surface area contributed by atoms with Crippen LogP contribution in [0.3, 0.4) is 0 Å². The molecule has 3 heteroatoms. The molecule has 1 atom stereocenters. The standard InChI is InChI=1S/C12H21N3/c1-10(15(2)12-3-4-12)7-14-9-11-5-6-13-8-11/h5-6,8,10,12-14H,3-4,7,9H2,1-2H3. The van der Waals surface area contributed by atoms with Crippen LogP contribution in [0.25, 0.3) is 0 Å². The third-order valence-electron chi connectivity index (χ3n) is 3.25. The lowest BCUT2D eigenvalue weighted by molar-refractivity contribution is 0.241. The van der Waals surface area contributed by atoms with Crippen molar-refractivity contribution < 1.29 is 0 Å². The second kappa shape index (κ2) is 4.81. The molecule has 1 aromatic rings. The number of hydrogen-bond donors (Lipinski definition) is 2. The van der Waals surface area contributed by atoms with Gasteiger partial charge in [0.05, 0.1) is 0 Å². The van der Waals surface area contributed by atoms with Gasteiger partial charge in [-0.3, -0.25) is 4.90 Å². The molecule has 1 fully saturated rings. The number of aromatic nitrogens is 1. The first-order chi connectivity index (χ1) is 7.27. The average molecular weight is 207 g/mol. The minimum absolute atomic E-state index is 0.636. The topological polar surface area (TPSA) is 31.1 Å². The van der Waals surface area contributed by atoms with E-state index in [9.17, 15) is 0 Å². The summed E-state index contributed by atoms with van der Waals surface area (Å²) < 4.78 is 0. The molecule has 0 aliphatic heterocycles. The third kappa shape index (κ3) is 3.08. The fourth-order valence-electron chi connectivity index (χ4n) is 1.88.